The zero-order chi connectivity index (χ0) is 10.7. The van der Waals surface area contributed by atoms with Crippen molar-refractivity contribution in [3.63, 3.8) is 0 Å². The minimum Gasteiger partial charge on any atom is -0.348 e. The number of nitrogens with zero attached hydrogens (tertiary/aromatic N) is 2. The molecule has 0 saturated carbocycles. The molecule has 0 spiro atoms. The molecule has 78 valence electrons. The van der Waals surface area contributed by atoms with Crippen molar-refractivity contribution >= 4 is 5.91 Å². The molecule has 1 heterocycles. The van der Waals surface area contributed by atoms with E-state index in [0.29, 0.717) is 5.69 Å². The number of hydrogen-bond donors (Lipinski definition) is 1. The first kappa shape index (κ1) is 10.8. The highest BCUT2D eigenvalue weighted by atomic mass is 16.2. The molecule has 4 heteroatoms. The van der Waals surface area contributed by atoms with Crippen molar-refractivity contribution in [2.45, 2.75) is 33.2 Å². The molecule has 0 aromatic carbocycles. The van der Waals surface area contributed by atoms with Crippen LogP contribution in [0, 0.1) is 6.92 Å². The standard InChI is InChI=1S/C10H17N3O/c1-5-8(3)11-10(14)9-7(2)6-13(4)12-9/h6,8H,5H2,1-4H3,(H,11,14). The molecule has 1 atom stereocenters. The summed E-state index contributed by atoms with van der Waals surface area (Å²) in [5.74, 6) is -0.0857. The maximum absolute atomic E-state index is 11.7. The molecule has 1 aromatic heterocycles. The van der Waals surface area contributed by atoms with Gasteiger partial charge in [0.25, 0.3) is 5.91 Å². The topological polar surface area (TPSA) is 46.9 Å². The van der Waals surface area contributed by atoms with Crippen molar-refractivity contribution in [1.82, 2.24) is 15.1 Å². The second kappa shape index (κ2) is 4.26. The van der Waals surface area contributed by atoms with Gasteiger partial charge in [-0.25, -0.2) is 0 Å². The molecule has 0 aliphatic carbocycles. The van der Waals surface area contributed by atoms with Crippen LogP contribution in [0.4, 0.5) is 0 Å². The van der Waals surface area contributed by atoms with Gasteiger partial charge >= 0.3 is 0 Å². The van der Waals surface area contributed by atoms with Gasteiger partial charge in [-0.1, -0.05) is 6.92 Å². The molecule has 0 saturated heterocycles. The van der Waals surface area contributed by atoms with Crippen LogP contribution in [-0.4, -0.2) is 21.7 Å². The van der Waals surface area contributed by atoms with Crippen molar-refractivity contribution in [1.29, 1.82) is 0 Å². The summed E-state index contributed by atoms with van der Waals surface area (Å²) in [4.78, 5) is 11.7. The predicted octanol–water partition coefficient (Wildman–Crippen LogP) is 1.26. The van der Waals surface area contributed by atoms with E-state index in [1.165, 1.54) is 0 Å². The van der Waals surface area contributed by atoms with Gasteiger partial charge in [0.05, 0.1) is 0 Å². The summed E-state index contributed by atoms with van der Waals surface area (Å²) >= 11 is 0. The van der Waals surface area contributed by atoms with E-state index < -0.39 is 0 Å². The molecule has 14 heavy (non-hydrogen) atoms. The minimum atomic E-state index is -0.0857. The largest absolute Gasteiger partial charge is 0.348 e. The Hall–Kier alpha value is -1.32. The van der Waals surface area contributed by atoms with Crippen LogP contribution in [0.25, 0.3) is 0 Å². The Morgan fingerprint density at radius 1 is 1.71 bits per heavy atom. The van der Waals surface area contributed by atoms with Crippen molar-refractivity contribution in [3.8, 4) is 0 Å². The Labute approximate surface area is 84.3 Å². The Kier molecular flexibility index (Phi) is 3.28. The molecular formula is C10H17N3O. The normalized spacial score (nSPS) is 12.6. The SMILES string of the molecule is CCC(C)NC(=O)c1nn(C)cc1C. The first-order valence-corrected chi connectivity index (χ1v) is 4.85. The molecule has 0 radical (unpaired) electrons. The highest BCUT2D eigenvalue weighted by Crippen LogP contribution is 2.04. The van der Waals surface area contributed by atoms with Crippen LogP contribution in [0.3, 0.4) is 0 Å². The smallest absolute Gasteiger partial charge is 0.272 e. The Bertz CT molecular complexity index is 330. The molecule has 1 unspecified atom stereocenters. The van der Waals surface area contributed by atoms with Gasteiger partial charge < -0.3 is 5.32 Å². The lowest BCUT2D eigenvalue weighted by molar-refractivity contribution is 0.0933. The van der Waals surface area contributed by atoms with E-state index in [4.69, 9.17) is 0 Å². The Balaban J connectivity index is 2.74. The summed E-state index contributed by atoms with van der Waals surface area (Å²) in [5, 5.41) is 6.99. The number of amides is 1. The third kappa shape index (κ3) is 2.34. The molecule has 0 bridgehead atoms. The summed E-state index contributed by atoms with van der Waals surface area (Å²) in [6.45, 7) is 5.91. The van der Waals surface area contributed by atoms with Crippen LogP contribution in [0.1, 0.15) is 36.3 Å². The predicted molar refractivity (Wildman–Crippen MR) is 55.2 cm³/mol. The maximum Gasteiger partial charge on any atom is 0.272 e. The Morgan fingerprint density at radius 2 is 2.36 bits per heavy atom. The van der Waals surface area contributed by atoms with E-state index in [-0.39, 0.29) is 11.9 Å². The third-order valence-corrected chi connectivity index (χ3v) is 2.22. The van der Waals surface area contributed by atoms with Gasteiger partial charge in [0.1, 0.15) is 0 Å². The summed E-state index contributed by atoms with van der Waals surface area (Å²) in [6.07, 6.45) is 2.77. The van der Waals surface area contributed by atoms with Gasteiger partial charge in [0.2, 0.25) is 0 Å². The first-order valence-electron chi connectivity index (χ1n) is 4.85. The highest BCUT2D eigenvalue weighted by molar-refractivity contribution is 5.93. The third-order valence-electron chi connectivity index (χ3n) is 2.22. The number of rotatable bonds is 3. The maximum atomic E-state index is 11.7. The fraction of sp³-hybridized carbons (Fsp3) is 0.600. The lowest BCUT2D eigenvalue weighted by Gasteiger charge is -2.09. The van der Waals surface area contributed by atoms with E-state index in [9.17, 15) is 4.79 Å². The zero-order valence-electron chi connectivity index (χ0n) is 9.16. The van der Waals surface area contributed by atoms with Crippen LogP contribution in [0.15, 0.2) is 6.20 Å². The molecule has 1 rings (SSSR count). The van der Waals surface area contributed by atoms with E-state index in [1.807, 2.05) is 34.0 Å². The van der Waals surface area contributed by atoms with Crippen LogP contribution in [0.2, 0.25) is 0 Å². The lowest BCUT2D eigenvalue weighted by Crippen LogP contribution is -2.32. The molecule has 1 N–H and O–H groups in total. The van der Waals surface area contributed by atoms with Gasteiger partial charge in [0, 0.05) is 24.8 Å². The Morgan fingerprint density at radius 3 is 2.79 bits per heavy atom. The molecule has 1 aromatic rings. The van der Waals surface area contributed by atoms with Crippen molar-refractivity contribution < 1.29 is 4.79 Å². The van der Waals surface area contributed by atoms with Crippen LogP contribution >= 0.6 is 0 Å². The van der Waals surface area contributed by atoms with Crippen molar-refractivity contribution in [2.24, 2.45) is 7.05 Å². The quantitative estimate of drug-likeness (QED) is 0.789. The van der Waals surface area contributed by atoms with Gasteiger partial charge in [0.15, 0.2) is 5.69 Å². The van der Waals surface area contributed by atoms with Crippen LogP contribution < -0.4 is 5.32 Å². The highest BCUT2D eigenvalue weighted by Gasteiger charge is 2.14. The number of aromatic nitrogens is 2. The number of carbonyl (C=O) groups excluding carboxylic acids is 1. The molecule has 1 amide bonds. The van der Waals surface area contributed by atoms with Gasteiger partial charge in [-0.05, 0) is 20.3 Å². The fourth-order valence-corrected chi connectivity index (χ4v) is 1.23. The van der Waals surface area contributed by atoms with Crippen molar-refractivity contribution in [2.75, 3.05) is 0 Å². The molecule has 0 aliphatic heterocycles. The zero-order valence-corrected chi connectivity index (χ0v) is 9.16. The van der Waals surface area contributed by atoms with Crippen molar-refractivity contribution in [3.05, 3.63) is 17.5 Å². The average molecular weight is 195 g/mol. The first-order chi connectivity index (χ1) is 6.54. The van der Waals surface area contributed by atoms with Crippen LogP contribution in [0.5, 0.6) is 0 Å². The van der Waals surface area contributed by atoms with Gasteiger partial charge in [-0.15, -0.1) is 0 Å². The lowest BCUT2D eigenvalue weighted by atomic mass is 10.2. The fourth-order valence-electron chi connectivity index (χ4n) is 1.23. The number of hydrogen-bond acceptors (Lipinski definition) is 2. The second-order valence-electron chi connectivity index (χ2n) is 3.62. The van der Waals surface area contributed by atoms with E-state index >= 15 is 0 Å². The summed E-state index contributed by atoms with van der Waals surface area (Å²) < 4.78 is 1.65. The summed E-state index contributed by atoms with van der Waals surface area (Å²) in [7, 11) is 1.81. The van der Waals surface area contributed by atoms with Crippen LogP contribution in [-0.2, 0) is 7.05 Å². The van der Waals surface area contributed by atoms with Gasteiger partial charge in [-0.3, -0.25) is 9.48 Å². The molecular weight excluding hydrogens is 178 g/mol. The molecule has 4 nitrogen and oxygen atoms in total. The van der Waals surface area contributed by atoms with Gasteiger partial charge in [-0.2, -0.15) is 5.10 Å². The minimum absolute atomic E-state index is 0.0857. The van der Waals surface area contributed by atoms with E-state index in [0.717, 1.165) is 12.0 Å². The molecule has 0 fully saturated rings. The second-order valence-corrected chi connectivity index (χ2v) is 3.62. The number of carbonyl (C=O) groups is 1. The van der Waals surface area contributed by atoms with E-state index in [2.05, 4.69) is 10.4 Å². The number of nitrogens with one attached hydrogen (secondary N) is 1. The monoisotopic (exact) mass is 195 g/mol. The average Bonchev–Trinajstić information content (AvgIpc) is 2.45. The molecule has 0 aliphatic rings. The van der Waals surface area contributed by atoms with E-state index in [1.54, 1.807) is 4.68 Å². The summed E-state index contributed by atoms with van der Waals surface area (Å²) in [6, 6.07) is 0.198. The number of aryl methyl sites for hydroxylation is 2. The summed E-state index contributed by atoms with van der Waals surface area (Å²) in [5.41, 5.74) is 1.43.